The van der Waals surface area contributed by atoms with Gasteiger partial charge >= 0.3 is 0 Å². The number of methoxy groups -OCH3 is 1. The molecule has 104 valence electrons. The number of rotatable bonds is 3. The van der Waals surface area contributed by atoms with E-state index in [0.717, 1.165) is 13.1 Å². The molecule has 1 aromatic carbocycles. The summed E-state index contributed by atoms with van der Waals surface area (Å²) in [6.45, 7) is 6.13. The summed E-state index contributed by atoms with van der Waals surface area (Å²) >= 11 is 0. The van der Waals surface area contributed by atoms with Gasteiger partial charge < -0.3 is 9.64 Å². The van der Waals surface area contributed by atoms with Gasteiger partial charge in [-0.25, -0.2) is 0 Å². The highest BCUT2D eigenvalue weighted by Crippen LogP contribution is 2.35. The van der Waals surface area contributed by atoms with Crippen molar-refractivity contribution in [2.24, 2.45) is 11.8 Å². The molecule has 0 amide bonds. The van der Waals surface area contributed by atoms with E-state index < -0.39 is 0 Å². The summed E-state index contributed by atoms with van der Waals surface area (Å²) in [5.41, 5.74) is 0.824. The average molecular weight is 264 g/mol. The second-order valence-electron chi connectivity index (χ2n) is 5.46. The molecular formula is C14H20N2O3. The Labute approximate surface area is 113 Å². The van der Waals surface area contributed by atoms with Gasteiger partial charge in [-0.2, -0.15) is 0 Å². The van der Waals surface area contributed by atoms with Gasteiger partial charge in [-0.1, -0.05) is 13.8 Å². The van der Waals surface area contributed by atoms with Crippen LogP contribution in [0.25, 0.3) is 0 Å². The Morgan fingerprint density at radius 1 is 1.32 bits per heavy atom. The van der Waals surface area contributed by atoms with Crippen LogP contribution in [0.3, 0.4) is 0 Å². The van der Waals surface area contributed by atoms with Gasteiger partial charge in [-0.3, -0.25) is 10.1 Å². The fourth-order valence-electron chi connectivity index (χ4n) is 2.90. The van der Waals surface area contributed by atoms with Crippen molar-refractivity contribution >= 4 is 11.4 Å². The molecule has 0 bridgehead atoms. The summed E-state index contributed by atoms with van der Waals surface area (Å²) in [6.07, 6.45) is 1.18. The number of nitrogens with zero attached hydrogens (tertiary/aromatic N) is 2. The third-order valence-electron chi connectivity index (χ3n) is 3.59. The summed E-state index contributed by atoms with van der Waals surface area (Å²) in [4.78, 5) is 13.0. The molecule has 0 spiro atoms. The molecule has 1 aliphatic rings. The van der Waals surface area contributed by atoms with Crippen LogP contribution in [0.2, 0.25) is 0 Å². The summed E-state index contributed by atoms with van der Waals surface area (Å²) < 4.78 is 5.07. The molecule has 2 atom stereocenters. The van der Waals surface area contributed by atoms with Gasteiger partial charge in [-0.15, -0.1) is 0 Å². The van der Waals surface area contributed by atoms with E-state index in [9.17, 15) is 10.1 Å². The van der Waals surface area contributed by atoms with Crippen molar-refractivity contribution in [2.45, 2.75) is 20.3 Å². The normalized spacial score (nSPS) is 23.2. The molecule has 5 nitrogen and oxygen atoms in total. The Balaban J connectivity index is 2.35. The van der Waals surface area contributed by atoms with Crippen molar-refractivity contribution in [3.63, 3.8) is 0 Å². The first-order valence-electron chi connectivity index (χ1n) is 6.58. The third-order valence-corrected chi connectivity index (χ3v) is 3.59. The predicted molar refractivity (Wildman–Crippen MR) is 74.8 cm³/mol. The van der Waals surface area contributed by atoms with Crippen LogP contribution in [0.15, 0.2) is 18.2 Å². The first-order chi connectivity index (χ1) is 9.01. The standard InChI is InChI=1S/C14H20N2O3/c1-10-6-11(2)9-15(8-10)13-5-4-12(19-3)7-14(13)16(17)18/h4-5,7,10-11H,6,8-9H2,1-3H3/t10-,11-/m1/s1. The van der Waals surface area contributed by atoms with E-state index in [1.165, 1.54) is 19.6 Å². The van der Waals surface area contributed by atoms with Crippen LogP contribution in [0.4, 0.5) is 11.4 Å². The fourth-order valence-corrected chi connectivity index (χ4v) is 2.90. The maximum absolute atomic E-state index is 11.2. The SMILES string of the molecule is COc1ccc(N2C[C@H](C)C[C@@H](C)C2)c([N+](=O)[O-])c1. The maximum atomic E-state index is 11.2. The van der Waals surface area contributed by atoms with Crippen molar-refractivity contribution in [2.75, 3.05) is 25.1 Å². The topological polar surface area (TPSA) is 55.6 Å². The molecule has 0 unspecified atom stereocenters. The fraction of sp³-hybridized carbons (Fsp3) is 0.571. The second kappa shape index (κ2) is 5.47. The van der Waals surface area contributed by atoms with Crippen LogP contribution in [0.5, 0.6) is 5.75 Å². The smallest absolute Gasteiger partial charge is 0.296 e. The lowest BCUT2D eigenvalue weighted by molar-refractivity contribution is -0.384. The summed E-state index contributed by atoms with van der Waals surface area (Å²) in [7, 11) is 1.52. The number of benzene rings is 1. The van der Waals surface area contributed by atoms with Crippen LogP contribution in [-0.2, 0) is 0 Å². The van der Waals surface area contributed by atoms with Gasteiger partial charge in [0.25, 0.3) is 5.69 Å². The highest BCUT2D eigenvalue weighted by molar-refractivity contribution is 5.65. The van der Waals surface area contributed by atoms with Crippen molar-refractivity contribution < 1.29 is 9.66 Å². The van der Waals surface area contributed by atoms with Gasteiger partial charge in [0.15, 0.2) is 0 Å². The summed E-state index contributed by atoms with van der Waals surface area (Å²) in [6, 6.07) is 5.08. The lowest BCUT2D eigenvalue weighted by Crippen LogP contribution is -2.39. The minimum absolute atomic E-state index is 0.126. The largest absolute Gasteiger partial charge is 0.496 e. The molecule has 0 saturated carbocycles. The van der Waals surface area contributed by atoms with Crippen LogP contribution >= 0.6 is 0 Å². The number of piperidine rings is 1. The van der Waals surface area contributed by atoms with E-state index in [-0.39, 0.29) is 10.6 Å². The Bertz CT molecular complexity index is 466. The first-order valence-corrected chi connectivity index (χ1v) is 6.58. The van der Waals surface area contributed by atoms with Crippen LogP contribution in [0, 0.1) is 22.0 Å². The first kappa shape index (κ1) is 13.6. The number of nitro groups is 1. The van der Waals surface area contributed by atoms with E-state index >= 15 is 0 Å². The molecule has 0 N–H and O–H groups in total. The lowest BCUT2D eigenvalue weighted by atomic mass is 9.91. The number of anilines is 1. The van der Waals surface area contributed by atoms with E-state index in [2.05, 4.69) is 18.7 Å². The maximum Gasteiger partial charge on any atom is 0.296 e. The van der Waals surface area contributed by atoms with Crippen molar-refractivity contribution in [1.29, 1.82) is 0 Å². The second-order valence-corrected chi connectivity index (χ2v) is 5.46. The predicted octanol–water partition coefficient (Wildman–Crippen LogP) is 3.09. The number of nitro benzene ring substituents is 1. The average Bonchev–Trinajstić information content (AvgIpc) is 2.36. The zero-order valence-corrected chi connectivity index (χ0v) is 11.6. The Morgan fingerprint density at radius 2 is 1.95 bits per heavy atom. The van der Waals surface area contributed by atoms with Crippen LogP contribution in [0.1, 0.15) is 20.3 Å². The van der Waals surface area contributed by atoms with E-state index in [4.69, 9.17) is 4.74 Å². The Hall–Kier alpha value is -1.78. The molecule has 1 fully saturated rings. The van der Waals surface area contributed by atoms with Gasteiger partial charge in [0.1, 0.15) is 11.4 Å². The van der Waals surface area contributed by atoms with E-state index in [0.29, 0.717) is 23.3 Å². The molecule has 0 aromatic heterocycles. The van der Waals surface area contributed by atoms with Crippen molar-refractivity contribution in [3.05, 3.63) is 28.3 Å². The number of ether oxygens (including phenoxy) is 1. The van der Waals surface area contributed by atoms with Gasteiger partial charge in [0.2, 0.25) is 0 Å². The molecular weight excluding hydrogens is 244 g/mol. The Kier molecular flexibility index (Phi) is 3.93. The van der Waals surface area contributed by atoms with Gasteiger partial charge in [0, 0.05) is 13.1 Å². The van der Waals surface area contributed by atoms with Crippen molar-refractivity contribution in [1.82, 2.24) is 0 Å². The summed E-state index contributed by atoms with van der Waals surface area (Å²) in [5, 5.41) is 11.2. The minimum Gasteiger partial charge on any atom is -0.496 e. The highest BCUT2D eigenvalue weighted by atomic mass is 16.6. The quantitative estimate of drug-likeness (QED) is 0.622. The van der Waals surface area contributed by atoms with Crippen LogP contribution < -0.4 is 9.64 Å². The molecule has 1 aliphatic heterocycles. The molecule has 2 rings (SSSR count). The molecule has 5 heteroatoms. The minimum atomic E-state index is -0.332. The van der Waals surface area contributed by atoms with Crippen LogP contribution in [-0.4, -0.2) is 25.1 Å². The number of hydrogen-bond acceptors (Lipinski definition) is 4. The number of hydrogen-bond donors (Lipinski definition) is 0. The molecule has 1 heterocycles. The zero-order chi connectivity index (χ0) is 14.0. The zero-order valence-electron chi connectivity index (χ0n) is 11.6. The lowest BCUT2D eigenvalue weighted by Gasteiger charge is -2.36. The summed E-state index contributed by atoms with van der Waals surface area (Å²) in [5.74, 6) is 1.64. The molecule has 0 radical (unpaired) electrons. The van der Waals surface area contributed by atoms with Gasteiger partial charge in [-0.05, 0) is 30.4 Å². The Morgan fingerprint density at radius 3 is 2.47 bits per heavy atom. The van der Waals surface area contributed by atoms with E-state index in [1.807, 2.05) is 0 Å². The van der Waals surface area contributed by atoms with E-state index in [1.54, 1.807) is 12.1 Å². The van der Waals surface area contributed by atoms with Crippen molar-refractivity contribution in [3.8, 4) is 5.75 Å². The van der Waals surface area contributed by atoms with Gasteiger partial charge in [0.05, 0.1) is 18.1 Å². The monoisotopic (exact) mass is 264 g/mol. The molecule has 1 aromatic rings. The third kappa shape index (κ3) is 2.97. The molecule has 19 heavy (non-hydrogen) atoms. The molecule has 0 aliphatic carbocycles. The highest BCUT2D eigenvalue weighted by Gasteiger charge is 2.27. The molecule has 1 saturated heterocycles.